The summed E-state index contributed by atoms with van der Waals surface area (Å²) in [6.45, 7) is 5.61. The predicted molar refractivity (Wildman–Crippen MR) is 73.8 cm³/mol. The van der Waals surface area contributed by atoms with Crippen molar-refractivity contribution in [2.24, 2.45) is 0 Å². The number of carboxylic acid groups (broad SMARTS) is 1. The lowest BCUT2D eigenvalue weighted by Gasteiger charge is -2.18. The van der Waals surface area contributed by atoms with E-state index in [1.54, 1.807) is 24.5 Å². The van der Waals surface area contributed by atoms with E-state index in [2.05, 4.69) is 11.8 Å². The average Bonchev–Trinajstić information content (AvgIpc) is 2.79. The van der Waals surface area contributed by atoms with Gasteiger partial charge in [-0.2, -0.15) is 0 Å². The maximum Gasteiger partial charge on any atom is 0.328 e. The van der Waals surface area contributed by atoms with Crippen LogP contribution in [0.1, 0.15) is 17.4 Å². The maximum absolute atomic E-state index is 10.4. The fraction of sp³-hybridized carbons (Fsp3) is 0.462. The van der Waals surface area contributed by atoms with E-state index in [0.717, 1.165) is 37.9 Å². The summed E-state index contributed by atoms with van der Waals surface area (Å²) in [5.41, 5.74) is 0.945. The molecule has 0 saturated heterocycles. The van der Waals surface area contributed by atoms with Crippen LogP contribution in [0.5, 0.6) is 0 Å². The molecule has 0 aromatic carbocycles. The molecule has 18 heavy (non-hydrogen) atoms. The Bertz CT molecular complexity index is 401. The molecule has 0 aliphatic rings. The van der Waals surface area contributed by atoms with Gasteiger partial charge in [-0.15, -0.1) is 11.3 Å². The van der Waals surface area contributed by atoms with Gasteiger partial charge in [0.15, 0.2) is 0 Å². The Balaban J connectivity index is 2.54. The third kappa shape index (κ3) is 5.44. The molecule has 0 atom stereocenters. The first-order valence-corrected chi connectivity index (χ1v) is 6.73. The Hall–Kier alpha value is -1.17. The summed E-state index contributed by atoms with van der Waals surface area (Å²) >= 11 is 1.65. The molecule has 0 radical (unpaired) electrons. The Morgan fingerprint density at radius 1 is 1.61 bits per heavy atom. The molecule has 1 rings (SSSR count). The van der Waals surface area contributed by atoms with E-state index in [1.807, 2.05) is 11.4 Å². The van der Waals surface area contributed by atoms with Crippen LogP contribution in [0.3, 0.4) is 0 Å². The number of hydrogen-bond acceptors (Lipinski definition) is 4. The van der Waals surface area contributed by atoms with Crippen molar-refractivity contribution in [1.82, 2.24) is 4.90 Å². The standard InChI is InChI=1S/C13H19NO3S/c1-3-14(6-7-17-2)9-12-8-11(10-18-12)4-5-13(15)16/h4-5,8,10H,3,6-7,9H2,1-2H3,(H,15,16). The van der Waals surface area contributed by atoms with E-state index < -0.39 is 5.97 Å². The highest BCUT2D eigenvalue weighted by atomic mass is 32.1. The van der Waals surface area contributed by atoms with E-state index in [1.165, 1.54) is 4.88 Å². The first-order valence-electron chi connectivity index (χ1n) is 5.85. The van der Waals surface area contributed by atoms with E-state index in [-0.39, 0.29) is 0 Å². The van der Waals surface area contributed by atoms with E-state index in [9.17, 15) is 4.79 Å². The van der Waals surface area contributed by atoms with Gasteiger partial charge < -0.3 is 9.84 Å². The number of carboxylic acids is 1. The highest BCUT2D eigenvalue weighted by molar-refractivity contribution is 7.10. The minimum Gasteiger partial charge on any atom is -0.478 e. The Kier molecular flexibility index (Phi) is 6.64. The van der Waals surface area contributed by atoms with Gasteiger partial charge in [-0.25, -0.2) is 4.79 Å². The van der Waals surface area contributed by atoms with E-state index in [4.69, 9.17) is 9.84 Å². The second-order valence-electron chi connectivity index (χ2n) is 3.88. The Morgan fingerprint density at radius 3 is 3.00 bits per heavy atom. The van der Waals surface area contributed by atoms with Gasteiger partial charge in [0.1, 0.15) is 0 Å². The molecule has 1 N–H and O–H groups in total. The summed E-state index contributed by atoms with van der Waals surface area (Å²) in [4.78, 5) is 13.9. The lowest BCUT2D eigenvalue weighted by Crippen LogP contribution is -2.26. The summed E-state index contributed by atoms with van der Waals surface area (Å²) < 4.78 is 5.07. The van der Waals surface area contributed by atoms with Gasteiger partial charge in [0, 0.05) is 31.2 Å². The minimum atomic E-state index is -0.918. The fourth-order valence-electron chi connectivity index (χ4n) is 1.53. The summed E-state index contributed by atoms with van der Waals surface area (Å²) in [6, 6.07) is 2.03. The fourth-order valence-corrected chi connectivity index (χ4v) is 2.42. The quantitative estimate of drug-likeness (QED) is 0.736. The van der Waals surface area contributed by atoms with E-state index in [0.29, 0.717) is 0 Å². The second-order valence-corrected chi connectivity index (χ2v) is 4.88. The van der Waals surface area contributed by atoms with Crippen molar-refractivity contribution < 1.29 is 14.6 Å². The molecule has 0 bridgehead atoms. The van der Waals surface area contributed by atoms with Crippen LogP contribution in [0.2, 0.25) is 0 Å². The number of methoxy groups -OCH3 is 1. The van der Waals surface area contributed by atoms with Crippen molar-refractivity contribution in [3.8, 4) is 0 Å². The average molecular weight is 269 g/mol. The van der Waals surface area contributed by atoms with Crippen LogP contribution in [0.25, 0.3) is 6.08 Å². The van der Waals surface area contributed by atoms with Gasteiger partial charge in [-0.3, -0.25) is 4.90 Å². The van der Waals surface area contributed by atoms with Crippen molar-refractivity contribution >= 4 is 23.4 Å². The van der Waals surface area contributed by atoms with Crippen molar-refractivity contribution in [1.29, 1.82) is 0 Å². The third-order valence-corrected chi connectivity index (χ3v) is 3.47. The molecule has 0 fully saturated rings. The molecule has 4 nitrogen and oxygen atoms in total. The van der Waals surface area contributed by atoms with Crippen molar-refractivity contribution in [2.45, 2.75) is 13.5 Å². The van der Waals surface area contributed by atoms with Crippen LogP contribution in [-0.2, 0) is 16.1 Å². The molecule has 0 amide bonds. The summed E-state index contributed by atoms with van der Waals surface area (Å²) in [5, 5.41) is 10.5. The lowest BCUT2D eigenvalue weighted by molar-refractivity contribution is -0.131. The zero-order valence-electron chi connectivity index (χ0n) is 10.8. The molecule has 100 valence electrons. The largest absolute Gasteiger partial charge is 0.478 e. The minimum absolute atomic E-state index is 0.727. The summed E-state index contributed by atoms with van der Waals surface area (Å²) in [5.74, 6) is -0.918. The molecule has 0 saturated carbocycles. The topological polar surface area (TPSA) is 49.8 Å². The third-order valence-electron chi connectivity index (χ3n) is 2.53. The first kappa shape index (κ1) is 14.9. The smallest absolute Gasteiger partial charge is 0.328 e. The highest BCUT2D eigenvalue weighted by Crippen LogP contribution is 2.17. The van der Waals surface area contributed by atoms with Crippen molar-refractivity contribution in [3.63, 3.8) is 0 Å². The molecular formula is C13H19NO3S. The van der Waals surface area contributed by atoms with Gasteiger partial charge in [-0.05, 0) is 29.6 Å². The SMILES string of the molecule is CCN(CCOC)Cc1cc(C=CC(=O)O)cs1. The number of aliphatic carboxylic acids is 1. The molecule has 5 heteroatoms. The number of carbonyl (C=O) groups is 1. The van der Waals surface area contributed by atoms with Gasteiger partial charge in [-0.1, -0.05) is 6.92 Å². The van der Waals surface area contributed by atoms with Crippen LogP contribution in [0, 0.1) is 0 Å². The Labute approximate surface area is 111 Å². The number of rotatable bonds is 8. The van der Waals surface area contributed by atoms with Crippen LogP contribution in [-0.4, -0.2) is 42.8 Å². The number of likely N-dealkylation sites (N-methyl/N-ethyl adjacent to an activating group) is 1. The number of thiophene rings is 1. The first-order chi connectivity index (χ1) is 8.65. The van der Waals surface area contributed by atoms with Crippen molar-refractivity contribution in [2.75, 3.05) is 26.8 Å². The predicted octanol–water partition coefficient (Wildman–Crippen LogP) is 2.31. The summed E-state index contributed by atoms with van der Waals surface area (Å²) in [7, 11) is 1.70. The van der Waals surface area contributed by atoms with Crippen LogP contribution in [0.4, 0.5) is 0 Å². The molecule has 1 aromatic heterocycles. The molecule has 0 aliphatic heterocycles. The number of nitrogens with zero attached hydrogens (tertiary/aromatic N) is 1. The number of ether oxygens (including phenoxy) is 1. The van der Waals surface area contributed by atoms with Gasteiger partial charge in [0.2, 0.25) is 0 Å². The molecule has 0 aliphatic carbocycles. The van der Waals surface area contributed by atoms with Crippen LogP contribution in [0.15, 0.2) is 17.5 Å². The van der Waals surface area contributed by atoms with Crippen LogP contribution < -0.4 is 0 Å². The van der Waals surface area contributed by atoms with E-state index >= 15 is 0 Å². The zero-order valence-corrected chi connectivity index (χ0v) is 11.6. The zero-order chi connectivity index (χ0) is 13.4. The maximum atomic E-state index is 10.4. The molecular weight excluding hydrogens is 250 g/mol. The lowest BCUT2D eigenvalue weighted by atomic mass is 10.2. The Morgan fingerprint density at radius 2 is 2.39 bits per heavy atom. The van der Waals surface area contributed by atoms with Gasteiger partial charge >= 0.3 is 5.97 Å². The summed E-state index contributed by atoms with van der Waals surface area (Å²) in [6.07, 6.45) is 2.78. The monoisotopic (exact) mass is 269 g/mol. The van der Waals surface area contributed by atoms with Crippen molar-refractivity contribution in [3.05, 3.63) is 28.0 Å². The second kappa shape index (κ2) is 8.02. The van der Waals surface area contributed by atoms with Gasteiger partial charge in [0.05, 0.1) is 6.61 Å². The number of hydrogen-bond donors (Lipinski definition) is 1. The normalized spacial score (nSPS) is 11.5. The molecule has 0 unspecified atom stereocenters. The van der Waals surface area contributed by atoms with Crippen LogP contribution >= 0.6 is 11.3 Å². The molecule has 1 aromatic rings. The highest BCUT2D eigenvalue weighted by Gasteiger charge is 2.05. The van der Waals surface area contributed by atoms with Gasteiger partial charge in [0.25, 0.3) is 0 Å². The molecule has 1 heterocycles. The molecule has 0 spiro atoms.